The maximum atomic E-state index is 13.8. The van der Waals surface area contributed by atoms with Crippen LogP contribution in [-0.2, 0) is 15.8 Å². The van der Waals surface area contributed by atoms with Crippen molar-refractivity contribution in [1.82, 2.24) is 14.3 Å². The van der Waals surface area contributed by atoms with Crippen LogP contribution in [0, 0.1) is 12.7 Å². The van der Waals surface area contributed by atoms with Crippen LogP contribution < -0.4 is 9.80 Å². The van der Waals surface area contributed by atoms with Gasteiger partial charge in [0.1, 0.15) is 23.3 Å². The standard InChI is InChI=1S/C18H24FN5O2S/c1-14-20-17(22(2)3)12-18(21-14)23-8-10-24(11-9-23)27(25,26)13-15-6-4-5-7-16(15)19/h4-7,12H,8-11,13H2,1-3H3. The zero-order chi connectivity index (χ0) is 19.6. The first-order valence-electron chi connectivity index (χ1n) is 8.75. The van der Waals surface area contributed by atoms with Crippen LogP contribution in [0.2, 0.25) is 0 Å². The molecule has 1 aliphatic rings. The summed E-state index contributed by atoms with van der Waals surface area (Å²) in [5, 5.41) is 0. The third kappa shape index (κ3) is 4.54. The summed E-state index contributed by atoms with van der Waals surface area (Å²) in [6.45, 7) is 3.58. The predicted octanol–water partition coefficient (Wildman–Crippen LogP) is 1.64. The second kappa shape index (κ2) is 7.77. The minimum atomic E-state index is -3.57. The molecule has 0 N–H and O–H groups in total. The lowest BCUT2D eigenvalue weighted by Gasteiger charge is -2.35. The monoisotopic (exact) mass is 393 g/mol. The summed E-state index contributed by atoms with van der Waals surface area (Å²) >= 11 is 0. The third-order valence-corrected chi connectivity index (χ3v) is 6.35. The van der Waals surface area contributed by atoms with Gasteiger partial charge in [0.2, 0.25) is 10.0 Å². The van der Waals surface area contributed by atoms with Gasteiger partial charge in [0.05, 0.1) is 5.75 Å². The molecular formula is C18H24FN5O2S. The van der Waals surface area contributed by atoms with Crippen molar-refractivity contribution in [2.45, 2.75) is 12.7 Å². The lowest BCUT2D eigenvalue weighted by Crippen LogP contribution is -2.49. The Kier molecular flexibility index (Phi) is 5.61. The summed E-state index contributed by atoms with van der Waals surface area (Å²) < 4.78 is 40.5. The van der Waals surface area contributed by atoms with E-state index in [9.17, 15) is 12.8 Å². The van der Waals surface area contributed by atoms with Gasteiger partial charge in [-0.25, -0.2) is 22.8 Å². The summed E-state index contributed by atoms with van der Waals surface area (Å²) in [7, 11) is 0.262. The molecule has 1 fully saturated rings. The maximum absolute atomic E-state index is 13.8. The van der Waals surface area contributed by atoms with Crippen LogP contribution >= 0.6 is 0 Å². The number of benzene rings is 1. The molecule has 0 saturated carbocycles. The van der Waals surface area contributed by atoms with Gasteiger partial charge in [-0.05, 0) is 13.0 Å². The van der Waals surface area contributed by atoms with Gasteiger partial charge >= 0.3 is 0 Å². The minimum absolute atomic E-state index is 0.196. The fourth-order valence-electron chi connectivity index (χ4n) is 3.03. The van der Waals surface area contributed by atoms with E-state index in [0.717, 1.165) is 11.6 Å². The second-order valence-electron chi connectivity index (χ2n) is 6.76. The first kappa shape index (κ1) is 19.5. The number of piperazine rings is 1. The number of nitrogens with zero attached hydrogens (tertiary/aromatic N) is 5. The fourth-order valence-corrected chi connectivity index (χ4v) is 4.56. The van der Waals surface area contributed by atoms with Gasteiger partial charge in [0.25, 0.3) is 0 Å². The lowest BCUT2D eigenvalue weighted by atomic mass is 10.2. The molecule has 2 heterocycles. The van der Waals surface area contributed by atoms with E-state index >= 15 is 0 Å². The van der Waals surface area contributed by atoms with Crippen molar-refractivity contribution in [2.24, 2.45) is 0 Å². The Morgan fingerprint density at radius 1 is 1.11 bits per heavy atom. The van der Waals surface area contributed by atoms with Crippen LogP contribution in [0.15, 0.2) is 30.3 Å². The average Bonchev–Trinajstić information content (AvgIpc) is 2.63. The number of sulfonamides is 1. The number of anilines is 2. The Hall–Kier alpha value is -2.26. The molecule has 0 radical (unpaired) electrons. The van der Waals surface area contributed by atoms with Crippen molar-refractivity contribution in [3.05, 3.63) is 47.5 Å². The van der Waals surface area contributed by atoms with Crippen molar-refractivity contribution >= 4 is 21.7 Å². The highest BCUT2D eigenvalue weighted by molar-refractivity contribution is 7.88. The molecule has 0 unspecified atom stereocenters. The van der Waals surface area contributed by atoms with E-state index in [4.69, 9.17) is 0 Å². The molecule has 0 spiro atoms. The van der Waals surface area contributed by atoms with E-state index in [0.29, 0.717) is 32.0 Å². The number of aryl methyl sites for hydroxylation is 1. The highest BCUT2D eigenvalue weighted by atomic mass is 32.2. The highest BCUT2D eigenvalue weighted by Gasteiger charge is 2.28. The average molecular weight is 393 g/mol. The molecule has 3 rings (SSSR count). The van der Waals surface area contributed by atoms with E-state index in [1.165, 1.54) is 16.4 Å². The van der Waals surface area contributed by atoms with Crippen LogP contribution in [0.4, 0.5) is 16.0 Å². The Labute approximate surface area is 159 Å². The van der Waals surface area contributed by atoms with Gasteiger partial charge in [0, 0.05) is 51.9 Å². The minimum Gasteiger partial charge on any atom is -0.363 e. The van der Waals surface area contributed by atoms with E-state index in [1.807, 2.05) is 32.0 Å². The summed E-state index contributed by atoms with van der Waals surface area (Å²) in [4.78, 5) is 12.8. The quantitative estimate of drug-likeness (QED) is 0.769. The SMILES string of the molecule is Cc1nc(N(C)C)cc(N2CCN(S(=O)(=O)Cc3ccccc3F)CC2)n1. The van der Waals surface area contributed by atoms with Crippen LogP contribution in [0.25, 0.3) is 0 Å². The molecule has 1 aromatic carbocycles. The number of hydrogen-bond donors (Lipinski definition) is 0. The lowest BCUT2D eigenvalue weighted by molar-refractivity contribution is 0.382. The molecule has 0 amide bonds. The van der Waals surface area contributed by atoms with Crippen LogP contribution in [-0.4, -0.2) is 63.0 Å². The second-order valence-corrected chi connectivity index (χ2v) is 8.73. The first-order chi connectivity index (χ1) is 12.8. The van der Waals surface area contributed by atoms with E-state index in [1.54, 1.807) is 12.1 Å². The number of hydrogen-bond acceptors (Lipinski definition) is 6. The largest absolute Gasteiger partial charge is 0.363 e. The Morgan fingerprint density at radius 3 is 2.41 bits per heavy atom. The van der Waals surface area contributed by atoms with Gasteiger partial charge < -0.3 is 9.80 Å². The van der Waals surface area contributed by atoms with Crippen molar-refractivity contribution in [3.8, 4) is 0 Å². The zero-order valence-corrected chi connectivity index (χ0v) is 16.6. The van der Waals surface area contributed by atoms with Crippen LogP contribution in [0.1, 0.15) is 11.4 Å². The first-order valence-corrected chi connectivity index (χ1v) is 10.4. The number of rotatable bonds is 5. The molecule has 0 bridgehead atoms. The Bertz CT molecular complexity index is 912. The van der Waals surface area contributed by atoms with Crippen molar-refractivity contribution < 1.29 is 12.8 Å². The molecule has 9 heteroatoms. The van der Waals surface area contributed by atoms with Gasteiger partial charge in [-0.1, -0.05) is 18.2 Å². The van der Waals surface area contributed by atoms with Gasteiger partial charge in [-0.2, -0.15) is 4.31 Å². The van der Waals surface area contributed by atoms with E-state index in [2.05, 4.69) is 14.9 Å². The topological polar surface area (TPSA) is 69.6 Å². The summed E-state index contributed by atoms with van der Waals surface area (Å²) in [5.41, 5.74) is 0.196. The summed E-state index contributed by atoms with van der Waals surface area (Å²) in [5.74, 6) is 1.46. The molecule has 2 aromatic rings. The maximum Gasteiger partial charge on any atom is 0.218 e. The molecule has 1 saturated heterocycles. The molecule has 27 heavy (non-hydrogen) atoms. The molecule has 146 valence electrons. The van der Waals surface area contributed by atoms with Gasteiger partial charge in [0.15, 0.2) is 0 Å². The number of halogens is 1. The smallest absolute Gasteiger partial charge is 0.218 e. The van der Waals surface area contributed by atoms with E-state index < -0.39 is 15.8 Å². The van der Waals surface area contributed by atoms with Crippen LogP contribution in [0.5, 0.6) is 0 Å². The molecule has 1 aliphatic heterocycles. The van der Waals surface area contributed by atoms with Crippen LogP contribution in [0.3, 0.4) is 0 Å². The predicted molar refractivity (Wildman–Crippen MR) is 104 cm³/mol. The normalized spacial score (nSPS) is 15.8. The summed E-state index contributed by atoms with van der Waals surface area (Å²) in [6.07, 6.45) is 0. The number of aromatic nitrogens is 2. The van der Waals surface area contributed by atoms with Gasteiger partial charge in [-0.3, -0.25) is 0 Å². The fraction of sp³-hybridized carbons (Fsp3) is 0.444. The molecule has 0 atom stereocenters. The van der Waals surface area contributed by atoms with E-state index in [-0.39, 0.29) is 11.3 Å². The molecule has 7 nitrogen and oxygen atoms in total. The van der Waals surface area contributed by atoms with Crippen molar-refractivity contribution in [1.29, 1.82) is 0 Å². The van der Waals surface area contributed by atoms with Gasteiger partial charge in [-0.15, -0.1) is 0 Å². The molecular weight excluding hydrogens is 369 g/mol. The summed E-state index contributed by atoms with van der Waals surface area (Å²) in [6, 6.07) is 7.89. The Morgan fingerprint density at radius 2 is 1.78 bits per heavy atom. The zero-order valence-electron chi connectivity index (χ0n) is 15.8. The molecule has 0 aliphatic carbocycles. The molecule has 1 aromatic heterocycles. The third-order valence-electron chi connectivity index (χ3n) is 4.52. The Balaban J connectivity index is 1.69. The highest BCUT2D eigenvalue weighted by Crippen LogP contribution is 2.21. The van der Waals surface area contributed by atoms with Crippen molar-refractivity contribution in [2.75, 3.05) is 50.1 Å². The van der Waals surface area contributed by atoms with Crippen molar-refractivity contribution in [3.63, 3.8) is 0 Å².